The summed E-state index contributed by atoms with van der Waals surface area (Å²) in [6.07, 6.45) is 5.24. The molecule has 0 saturated carbocycles. The van der Waals surface area contributed by atoms with Gasteiger partial charge in [-0.25, -0.2) is 9.97 Å². The summed E-state index contributed by atoms with van der Waals surface area (Å²) >= 11 is 1.56. The maximum atomic E-state index is 5.49. The molecule has 2 N–H and O–H groups in total. The van der Waals surface area contributed by atoms with E-state index in [4.69, 9.17) is 14.7 Å². The third kappa shape index (κ3) is 5.01. The van der Waals surface area contributed by atoms with Gasteiger partial charge in [0.05, 0.1) is 18.9 Å². The van der Waals surface area contributed by atoms with Crippen LogP contribution in [0.4, 0.5) is 11.5 Å². The molecule has 0 bridgehead atoms. The van der Waals surface area contributed by atoms with Crippen molar-refractivity contribution in [2.75, 3.05) is 42.8 Å². The number of benzene rings is 1. The third-order valence-corrected chi connectivity index (χ3v) is 7.10. The summed E-state index contributed by atoms with van der Waals surface area (Å²) in [6.45, 7) is 8.81. The van der Waals surface area contributed by atoms with E-state index >= 15 is 0 Å². The summed E-state index contributed by atoms with van der Waals surface area (Å²) in [5.41, 5.74) is 7.20. The number of rotatable bonds is 6. The first-order valence-electron chi connectivity index (χ1n) is 11.7. The number of hydrogen-bond donors (Lipinski definition) is 2. The Hall–Kier alpha value is -2.58. The molecule has 1 aromatic carbocycles. The fourth-order valence-electron chi connectivity index (χ4n) is 4.66. The summed E-state index contributed by atoms with van der Waals surface area (Å²) in [4.78, 5) is 11.9. The van der Waals surface area contributed by atoms with Gasteiger partial charge in [0, 0.05) is 42.6 Å². The van der Waals surface area contributed by atoms with Crippen molar-refractivity contribution in [1.82, 2.24) is 20.2 Å². The predicted molar refractivity (Wildman–Crippen MR) is 134 cm³/mol. The van der Waals surface area contributed by atoms with Gasteiger partial charge in [-0.2, -0.15) is 5.10 Å². The zero-order valence-electron chi connectivity index (χ0n) is 19.6. The van der Waals surface area contributed by atoms with E-state index < -0.39 is 0 Å². The minimum Gasteiger partial charge on any atom is -0.378 e. The lowest BCUT2D eigenvalue weighted by Gasteiger charge is -2.29. The number of fused-ring (bicyclic) bond motifs is 1. The van der Waals surface area contributed by atoms with E-state index in [1.807, 2.05) is 12.3 Å². The predicted octanol–water partition coefficient (Wildman–Crippen LogP) is 4.55. The fourth-order valence-corrected chi connectivity index (χ4v) is 5.04. The highest BCUT2D eigenvalue weighted by atomic mass is 32.2. The number of hydrogen-bond acceptors (Lipinski definition) is 7. The van der Waals surface area contributed by atoms with Gasteiger partial charge in [-0.1, -0.05) is 37.7 Å². The van der Waals surface area contributed by atoms with E-state index in [9.17, 15) is 0 Å². The van der Waals surface area contributed by atoms with Gasteiger partial charge in [-0.05, 0) is 48.6 Å². The van der Waals surface area contributed by atoms with Crippen molar-refractivity contribution >= 4 is 23.3 Å². The van der Waals surface area contributed by atoms with Crippen molar-refractivity contribution in [2.24, 2.45) is 5.41 Å². The standard InChI is InChI=1S/C25H32N6OS/c1-25(2)8-7-19-21(15-25)29-30-23(19)20-14-22(28-24(27-20)33-3)26-16-17-5-4-6-18(13-17)31-9-11-32-12-10-31/h4-6,13-14H,7-12,15-16H2,1-3H3,(H,29,30)(H,26,27,28). The van der Waals surface area contributed by atoms with Crippen LogP contribution in [0.25, 0.3) is 11.4 Å². The number of aromatic amines is 1. The quantitative estimate of drug-likeness (QED) is 0.409. The zero-order valence-corrected chi connectivity index (χ0v) is 20.5. The van der Waals surface area contributed by atoms with Crippen molar-refractivity contribution in [1.29, 1.82) is 0 Å². The smallest absolute Gasteiger partial charge is 0.189 e. The van der Waals surface area contributed by atoms with Gasteiger partial charge in [0.15, 0.2) is 5.16 Å². The van der Waals surface area contributed by atoms with Crippen LogP contribution >= 0.6 is 11.8 Å². The lowest BCUT2D eigenvalue weighted by molar-refractivity contribution is 0.122. The van der Waals surface area contributed by atoms with Gasteiger partial charge >= 0.3 is 0 Å². The number of H-pyrrole nitrogens is 1. The van der Waals surface area contributed by atoms with Crippen molar-refractivity contribution < 1.29 is 4.74 Å². The molecule has 2 aliphatic rings. The Bertz CT molecular complexity index is 1120. The molecule has 1 aliphatic heterocycles. The SMILES string of the molecule is CSc1nc(NCc2cccc(N3CCOCC3)c2)cc(-c2n[nH]c3c2CCC(C)(C)C3)n1. The first-order chi connectivity index (χ1) is 16.0. The van der Waals surface area contributed by atoms with Crippen LogP contribution in [0.2, 0.25) is 0 Å². The van der Waals surface area contributed by atoms with Crippen LogP contribution in [0.15, 0.2) is 35.5 Å². The molecule has 5 rings (SSSR count). The van der Waals surface area contributed by atoms with E-state index in [0.29, 0.717) is 12.0 Å². The molecule has 3 heterocycles. The van der Waals surface area contributed by atoms with Gasteiger partial charge in [0.1, 0.15) is 11.5 Å². The molecule has 0 amide bonds. The van der Waals surface area contributed by atoms with Crippen LogP contribution in [0.1, 0.15) is 37.1 Å². The molecule has 174 valence electrons. The first kappa shape index (κ1) is 22.2. The molecule has 1 saturated heterocycles. The number of anilines is 2. The maximum absolute atomic E-state index is 5.49. The van der Waals surface area contributed by atoms with Crippen LogP contribution in [0, 0.1) is 5.41 Å². The van der Waals surface area contributed by atoms with E-state index in [0.717, 1.165) is 67.9 Å². The number of nitrogens with one attached hydrogen (secondary N) is 2. The second kappa shape index (κ2) is 9.35. The molecule has 7 nitrogen and oxygen atoms in total. The maximum Gasteiger partial charge on any atom is 0.189 e. The average Bonchev–Trinajstić information content (AvgIpc) is 3.25. The van der Waals surface area contributed by atoms with E-state index in [2.05, 4.69) is 58.5 Å². The lowest BCUT2D eigenvalue weighted by Crippen LogP contribution is -2.36. The summed E-state index contributed by atoms with van der Waals surface area (Å²) in [6, 6.07) is 10.7. The highest BCUT2D eigenvalue weighted by Crippen LogP contribution is 2.37. The van der Waals surface area contributed by atoms with Crippen molar-refractivity contribution in [3.63, 3.8) is 0 Å². The number of nitrogens with zero attached hydrogens (tertiary/aromatic N) is 4. The topological polar surface area (TPSA) is 79.0 Å². The molecule has 1 fully saturated rings. The molecule has 0 radical (unpaired) electrons. The normalized spacial score (nSPS) is 17.6. The molecule has 1 aliphatic carbocycles. The number of aromatic nitrogens is 4. The van der Waals surface area contributed by atoms with Crippen LogP contribution in [-0.4, -0.2) is 52.7 Å². The Morgan fingerprint density at radius 2 is 2.03 bits per heavy atom. The average molecular weight is 465 g/mol. The number of ether oxygens (including phenoxy) is 1. The van der Waals surface area contributed by atoms with Crippen molar-refractivity contribution in [2.45, 2.75) is 44.8 Å². The summed E-state index contributed by atoms with van der Waals surface area (Å²) < 4.78 is 5.49. The van der Waals surface area contributed by atoms with Crippen LogP contribution < -0.4 is 10.2 Å². The summed E-state index contributed by atoms with van der Waals surface area (Å²) in [7, 11) is 0. The largest absolute Gasteiger partial charge is 0.378 e. The molecule has 2 aromatic heterocycles. The van der Waals surface area contributed by atoms with Gasteiger partial charge < -0.3 is 15.0 Å². The van der Waals surface area contributed by atoms with Crippen molar-refractivity contribution in [3.8, 4) is 11.4 Å². The minimum atomic E-state index is 0.315. The first-order valence-corrected chi connectivity index (χ1v) is 12.9. The van der Waals surface area contributed by atoms with E-state index in [1.165, 1.54) is 22.5 Å². The summed E-state index contributed by atoms with van der Waals surface area (Å²) in [5, 5.41) is 12.2. The molecule has 0 spiro atoms. The number of morpholine rings is 1. The molecular formula is C25H32N6OS. The molecule has 8 heteroatoms. The Morgan fingerprint density at radius 1 is 1.18 bits per heavy atom. The Labute approximate surface area is 199 Å². The number of thioether (sulfide) groups is 1. The van der Waals surface area contributed by atoms with Crippen LogP contribution in [0.5, 0.6) is 0 Å². The monoisotopic (exact) mass is 464 g/mol. The van der Waals surface area contributed by atoms with E-state index in [1.54, 1.807) is 11.8 Å². The van der Waals surface area contributed by atoms with E-state index in [-0.39, 0.29) is 0 Å². The van der Waals surface area contributed by atoms with Gasteiger partial charge in [-0.15, -0.1) is 0 Å². The van der Waals surface area contributed by atoms with Crippen LogP contribution in [-0.2, 0) is 24.1 Å². The Morgan fingerprint density at radius 3 is 2.85 bits per heavy atom. The highest BCUT2D eigenvalue weighted by Gasteiger charge is 2.29. The summed E-state index contributed by atoms with van der Waals surface area (Å²) in [5.74, 6) is 0.828. The Kier molecular flexibility index (Phi) is 6.29. The molecule has 33 heavy (non-hydrogen) atoms. The molecule has 0 atom stereocenters. The van der Waals surface area contributed by atoms with Gasteiger partial charge in [-0.3, -0.25) is 5.10 Å². The molecule has 0 unspecified atom stereocenters. The third-order valence-electron chi connectivity index (χ3n) is 6.55. The molecule has 3 aromatic rings. The minimum absolute atomic E-state index is 0.315. The molecular weight excluding hydrogens is 432 g/mol. The fraction of sp³-hybridized carbons (Fsp3) is 0.480. The Balaban J connectivity index is 1.35. The second-order valence-corrected chi connectivity index (χ2v) is 10.4. The lowest BCUT2D eigenvalue weighted by atomic mass is 9.76. The van der Waals surface area contributed by atoms with Crippen molar-refractivity contribution in [3.05, 3.63) is 47.2 Å². The second-order valence-electron chi connectivity index (χ2n) is 9.62. The van der Waals surface area contributed by atoms with Crippen LogP contribution in [0.3, 0.4) is 0 Å². The van der Waals surface area contributed by atoms with Gasteiger partial charge in [0.2, 0.25) is 0 Å². The van der Waals surface area contributed by atoms with Gasteiger partial charge in [0.25, 0.3) is 0 Å². The zero-order chi connectivity index (χ0) is 22.8. The highest BCUT2D eigenvalue weighted by molar-refractivity contribution is 7.98.